The van der Waals surface area contributed by atoms with E-state index in [0.717, 1.165) is 66.4 Å². The van der Waals surface area contributed by atoms with Crippen LogP contribution in [0.1, 0.15) is 80.2 Å². The summed E-state index contributed by atoms with van der Waals surface area (Å²) in [4.78, 5) is 47.8. The van der Waals surface area contributed by atoms with Crippen LogP contribution < -0.4 is 10.6 Å². The van der Waals surface area contributed by atoms with Gasteiger partial charge in [-0.3, -0.25) is 33.9 Å². The number of thiophene rings is 1. The number of anilines is 1. The van der Waals surface area contributed by atoms with Crippen LogP contribution >= 0.6 is 22.9 Å². The molecule has 8 rings (SSSR count). The Morgan fingerprint density at radius 3 is 2.75 bits per heavy atom. The number of aliphatic imine (C=N–C) groups is 1. The van der Waals surface area contributed by atoms with Crippen molar-refractivity contribution in [1.29, 1.82) is 0 Å². The molecule has 0 bridgehead atoms. The van der Waals surface area contributed by atoms with Gasteiger partial charge in [0.05, 0.1) is 47.5 Å². The van der Waals surface area contributed by atoms with Gasteiger partial charge in [0.2, 0.25) is 12.3 Å². The average Bonchev–Trinajstić information content (AvgIpc) is 4.04. The largest absolute Gasteiger partial charge is 0.379 e. The summed E-state index contributed by atoms with van der Waals surface area (Å²) in [7, 11) is 0. The molecule has 0 saturated heterocycles. The van der Waals surface area contributed by atoms with Crippen LogP contribution in [0, 0.1) is 25.7 Å². The molecule has 288 valence electrons. The highest BCUT2D eigenvalue weighted by molar-refractivity contribution is 7.15. The van der Waals surface area contributed by atoms with E-state index in [0.29, 0.717) is 56.1 Å². The molecular weight excluding hydrogens is 762 g/mol. The van der Waals surface area contributed by atoms with Gasteiger partial charge in [0.15, 0.2) is 5.82 Å². The zero-order chi connectivity index (χ0) is 39.6. The lowest BCUT2D eigenvalue weighted by Crippen LogP contribution is -2.34. The van der Waals surface area contributed by atoms with Crippen LogP contribution in [0.2, 0.25) is 5.02 Å². The Labute approximate surface area is 337 Å². The maximum Gasteiger partial charge on any atom is 0.254 e. The number of nitrogens with zero attached hydrogens (tertiary/aromatic N) is 9. The van der Waals surface area contributed by atoms with Crippen LogP contribution in [0.4, 0.5) is 5.69 Å². The van der Waals surface area contributed by atoms with Crippen LogP contribution in [0.25, 0.3) is 5.00 Å². The quantitative estimate of drug-likeness (QED) is 0.122. The van der Waals surface area contributed by atoms with Gasteiger partial charge in [-0.15, -0.1) is 21.5 Å². The monoisotopic (exact) mass is 799 g/mol. The van der Waals surface area contributed by atoms with Crippen molar-refractivity contribution in [3.05, 3.63) is 128 Å². The fraction of sp³-hybridized carbons (Fsp3) is 0.268. The second-order valence-corrected chi connectivity index (χ2v) is 15.4. The van der Waals surface area contributed by atoms with E-state index in [1.165, 1.54) is 0 Å². The maximum absolute atomic E-state index is 13.2. The van der Waals surface area contributed by atoms with E-state index in [4.69, 9.17) is 16.6 Å². The van der Waals surface area contributed by atoms with Crippen molar-refractivity contribution < 1.29 is 14.4 Å². The second kappa shape index (κ2) is 16.0. The second-order valence-electron chi connectivity index (χ2n) is 13.9. The van der Waals surface area contributed by atoms with E-state index in [-0.39, 0.29) is 24.3 Å². The van der Waals surface area contributed by atoms with Crippen molar-refractivity contribution in [2.24, 2.45) is 4.99 Å². The van der Waals surface area contributed by atoms with Crippen molar-refractivity contribution >= 4 is 52.6 Å². The summed E-state index contributed by atoms with van der Waals surface area (Å²) in [6, 6.07) is 13.2. The number of hydrogen-bond donors (Lipinski definition) is 2. The lowest BCUT2D eigenvalue weighted by atomic mass is 10.00. The number of aryl methyl sites for hydroxylation is 3. The van der Waals surface area contributed by atoms with Gasteiger partial charge in [0.25, 0.3) is 5.91 Å². The third-order valence-electron chi connectivity index (χ3n) is 10.2. The molecule has 2 N–H and O–H groups in total. The number of aromatic nitrogens is 7. The predicted molar refractivity (Wildman–Crippen MR) is 216 cm³/mol. The Kier molecular flexibility index (Phi) is 10.5. The molecular formula is C41H38ClN11O3S. The van der Waals surface area contributed by atoms with E-state index in [1.807, 2.05) is 78.0 Å². The predicted octanol–water partition coefficient (Wildman–Crippen LogP) is 5.45. The highest BCUT2D eigenvalue weighted by atomic mass is 35.5. The van der Waals surface area contributed by atoms with Crippen molar-refractivity contribution in [3.8, 4) is 16.8 Å². The van der Waals surface area contributed by atoms with Crippen LogP contribution in [0.15, 0.2) is 72.4 Å². The van der Waals surface area contributed by atoms with Gasteiger partial charge < -0.3 is 14.8 Å². The third kappa shape index (κ3) is 7.74. The van der Waals surface area contributed by atoms with E-state index in [9.17, 15) is 14.4 Å². The minimum absolute atomic E-state index is 0.0648. The highest BCUT2D eigenvalue weighted by Crippen LogP contribution is 2.37. The number of carbonyl (C=O) groups excluding carboxylic acids is 3. The first-order valence-corrected chi connectivity index (χ1v) is 19.7. The first-order chi connectivity index (χ1) is 27.7. The fourth-order valence-corrected chi connectivity index (χ4v) is 8.47. The molecule has 0 spiro atoms. The first kappa shape index (κ1) is 37.5. The van der Waals surface area contributed by atoms with E-state index < -0.39 is 0 Å². The fourth-order valence-electron chi connectivity index (χ4n) is 7.11. The molecule has 0 aliphatic carbocycles. The van der Waals surface area contributed by atoms with Gasteiger partial charge in [-0.2, -0.15) is 5.10 Å². The average molecular weight is 800 g/mol. The van der Waals surface area contributed by atoms with Crippen LogP contribution in [-0.2, 0) is 42.3 Å². The molecule has 3 amide bonds. The van der Waals surface area contributed by atoms with Crippen molar-refractivity contribution in [1.82, 2.24) is 44.3 Å². The zero-order valence-corrected chi connectivity index (χ0v) is 33.1. The number of amides is 3. The standard InChI is InChI=1S/C41H38ClN11O3S/c1-25(7-14-37(55)46-24-54)52-22-33-32(40(52)56)5-4-6-34(33)43-18-31-21-50(23-45-31)15-16-51-20-28(17-47-51)8-13-35-26(2)38-39(29-9-11-30(42)12-10-29)44-19-36-49-48-27(3)53(36)41(38)57-35/h4-6,9-12,17,20-21,23-25,43H,7,14-16,18-19,22H2,1-3H3,(H,46,54,55). The smallest absolute Gasteiger partial charge is 0.254 e. The Hall–Kier alpha value is -6.37. The van der Waals surface area contributed by atoms with E-state index in [2.05, 4.69) is 54.2 Å². The molecule has 16 heteroatoms. The summed E-state index contributed by atoms with van der Waals surface area (Å²) in [5.74, 6) is 7.89. The molecule has 2 aromatic carbocycles. The summed E-state index contributed by atoms with van der Waals surface area (Å²) in [5.41, 5.74) is 8.05. The molecule has 0 radical (unpaired) electrons. The zero-order valence-electron chi connectivity index (χ0n) is 31.5. The molecule has 2 aliphatic heterocycles. The molecule has 2 aliphatic rings. The number of hydrogen-bond acceptors (Lipinski definition) is 10. The molecule has 57 heavy (non-hydrogen) atoms. The van der Waals surface area contributed by atoms with Crippen LogP contribution in [-0.4, -0.2) is 69.0 Å². The first-order valence-electron chi connectivity index (χ1n) is 18.5. The summed E-state index contributed by atoms with van der Waals surface area (Å²) in [6.07, 6.45) is 8.53. The van der Waals surface area contributed by atoms with Gasteiger partial charge in [-0.25, -0.2) is 4.98 Å². The summed E-state index contributed by atoms with van der Waals surface area (Å²) in [6.45, 7) is 8.59. The number of halogens is 1. The van der Waals surface area contributed by atoms with Gasteiger partial charge in [0.1, 0.15) is 17.4 Å². The van der Waals surface area contributed by atoms with Crippen molar-refractivity contribution in [3.63, 3.8) is 0 Å². The van der Waals surface area contributed by atoms with Gasteiger partial charge in [-0.05, 0) is 57.0 Å². The van der Waals surface area contributed by atoms with E-state index in [1.54, 1.807) is 28.8 Å². The summed E-state index contributed by atoms with van der Waals surface area (Å²) < 4.78 is 5.98. The Morgan fingerprint density at radius 1 is 1.09 bits per heavy atom. The molecule has 0 saturated carbocycles. The third-order valence-corrected chi connectivity index (χ3v) is 11.6. The number of fused-ring (bicyclic) bond motifs is 4. The topological polar surface area (TPSA) is 157 Å². The van der Waals surface area contributed by atoms with Crippen LogP contribution in [0.5, 0.6) is 0 Å². The van der Waals surface area contributed by atoms with Crippen LogP contribution in [0.3, 0.4) is 0 Å². The Balaban J connectivity index is 0.900. The molecule has 1 unspecified atom stereocenters. The molecule has 0 fully saturated rings. The highest BCUT2D eigenvalue weighted by Gasteiger charge is 2.32. The van der Waals surface area contributed by atoms with Crippen molar-refractivity contribution in [2.75, 3.05) is 5.32 Å². The number of carbonyl (C=O) groups is 3. The number of nitrogens with one attached hydrogen (secondary N) is 2. The molecule has 6 heterocycles. The number of imide groups is 1. The van der Waals surface area contributed by atoms with E-state index >= 15 is 0 Å². The van der Waals surface area contributed by atoms with Gasteiger partial charge in [0, 0.05) is 70.9 Å². The Bertz CT molecular complexity index is 2610. The molecule has 1 atom stereocenters. The summed E-state index contributed by atoms with van der Waals surface area (Å²) >= 11 is 7.82. The molecule has 6 aromatic rings. The maximum atomic E-state index is 13.2. The van der Waals surface area contributed by atoms with Crippen molar-refractivity contribution in [2.45, 2.75) is 72.4 Å². The lowest BCUT2D eigenvalue weighted by molar-refractivity contribution is -0.125. The number of rotatable bonds is 12. The molecule has 4 aromatic heterocycles. The summed E-state index contributed by atoms with van der Waals surface area (Å²) in [5, 5.41) is 20.6. The lowest BCUT2D eigenvalue weighted by Gasteiger charge is -2.24. The number of imidazole rings is 1. The van der Waals surface area contributed by atoms with Gasteiger partial charge in [-0.1, -0.05) is 41.6 Å². The SMILES string of the molecule is Cc1c(C#Cc2cnn(CCn3cnc(CNc4cccc5c4CN(C(C)CCC(=O)NC=O)C5=O)c3)c2)sc2c1C(c1ccc(Cl)cc1)=NCc1nnc(C)n1-2. The number of benzene rings is 2. The minimum Gasteiger partial charge on any atom is -0.379 e. The minimum atomic E-state index is -0.356. The molecule has 14 nitrogen and oxygen atoms in total. The van der Waals surface area contributed by atoms with Gasteiger partial charge >= 0.3 is 0 Å². The Morgan fingerprint density at radius 2 is 1.93 bits per heavy atom. The normalized spacial score (nSPS) is 13.5.